The Morgan fingerprint density at radius 3 is 2.21 bits per heavy atom. The Bertz CT molecular complexity index is 860. The highest BCUT2D eigenvalue weighted by molar-refractivity contribution is 5.65. The molecule has 0 bridgehead atoms. The van der Waals surface area contributed by atoms with Gasteiger partial charge in [-0.05, 0) is 41.3 Å². The van der Waals surface area contributed by atoms with Crippen molar-refractivity contribution in [3.63, 3.8) is 0 Å². The van der Waals surface area contributed by atoms with Crippen molar-refractivity contribution in [3.05, 3.63) is 59.2 Å². The van der Waals surface area contributed by atoms with Gasteiger partial charge in [0.05, 0.1) is 18.2 Å². The van der Waals surface area contributed by atoms with Gasteiger partial charge in [-0.1, -0.05) is 30.3 Å². The zero-order valence-corrected chi connectivity index (χ0v) is 15.3. The number of nitrogens with zero attached hydrogens (tertiary/aromatic N) is 1. The molecule has 6 atom stereocenters. The summed E-state index contributed by atoms with van der Waals surface area (Å²) in [5, 5.41) is 59.0. The lowest BCUT2D eigenvalue weighted by atomic mass is 9.88. The molecule has 7 nitrogen and oxygen atoms in total. The lowest BCUT2D eigenvalue weighted by Crippen LogP contribution is -2.59. The van der Waals surface area contributed by atoms with Crippen molar-refractivity contribution >= 4 is 0 Å². The third kappa shape index (κ3) is 3.80. The van der Waals surface area contributed by atoms with E-state index in [9.17, 15) is 25.5 Å². The lowest BCUT2D eigenvalue weighted by molar-refractivity contribution is -0.250. The standard InChI is InChI=1S/C21H23NO6/c1-11-8-14(13-4-2-12(9-22)3-5-13)6-7-15(11)17(24)21-20(27)19(26)18(25)16(10-23)28-21/h2-8,16-21,23-27H,10H2,1H3/t16?,17-,18-,19+,20?,21-/m1/s1. The number of nitriles is 1. The van der Waals surface area contributed by atoms with Gasteiger partial charge in [0.15, 0.2) is 0 Å². The first-order valence-corrected chi connectivity index (χ1v) is 8.97. The number of rotatable bonds is 4. The van der Waals surface area contributed by atoms with Gasteiger partial charge >= 0.3 is 0 Å². The Balaban J connectivity index is 1.85. The maximum absolute atomic E-state index is 10.7. The van der Waals surface area contributed by atoms with Gasteiger partial charge < -0.3 is 30.3 Å². The van der Waals surface area contributed by atoms with E-state index in [2.05, 4.69) is 6.07 Å². The van der Waals surface area contributed by atoms with Crippen LogP contribution in [0.2, 0.25) is 0 Å². The minimum atomic E-state index is -1.54. The fourth-order valence-electron chi connectivity index (χ4n) is 3.49. The molecule has 5 N–H and O–H groups in total. The van der Waals surface area contributed by atoms with E-state index in [0.717, 1.165) is 16.7 Å². The minimum absolute atomic E-state index is 0.502. The Morgan fingerprint density at radius 2 is 1.64 bits per heavy atom. The van der Waals surface area contributed by atoms with Gasteiger partial charge in [-0.3, -0.25) is 0 Å². The van der Waals surface area contributed by atoms with E-state index in [1.165, 1.54) is 0 Å². The molecule has 0 aromatic heterocycles. The van der Waals surface area contributed by atoms with Crippen molar-refractivity contribution in [2.24, 2.45) is 0 Å². The van der Waals surface area contributed by atoms with Crippen LogP contribution in [0.1, 0.15) is 22.8 Å². The molecular formula is C21H23NO6. The van der Waals surface area contributed by atoms with E-state index in [-0.39, 0.29) is 0 Å². The second-order valence-corrected chi connectivity index (χ2v) is 7.00. The first kappa shape index (κ1) is 20.4. The molecule has 0 aliphatic carbocycles. The molecule has 148 valence electrons. The Morgan fingerprint density at radius 1 is 1.00 bits per heavy atom. The summed E-state index contributed by atoms with van der Waals surface area (Å²) < 4.78 is 5.45. The number of aliphatic hydroxyl groups is 5. The maximum atomic E-state index is 10.7. The summed E-state index contributed by atoms with van der Waals surface area (Å²) in [6, 6.07) is 14.6. The number of ether oxygens (including phenoxy) is 1. The average molecular weight is 385 g/mol. The van der Waals surface area contributed by atoms with Gasteiger partial charge in [0.1, 0.15) is 36.6 Å². The van der Waals surface area contributed by atoms with Crippen LogP contribution in [-0.2, 0) is 4.74 Å². The normalized spacial score (nSPS) is 28.5. The molecule has 28 heavy (non-hydrogen) atoms. The highest BCUT2D eigenvalue weighted by Crippen LogP contribution is 2.33. The van der Waals surface area contributed by atoms with Crippen LogP contribution in [0.5, 0.6) is 0 Å². The van der Waals surface area contributed by atoms with E-state index in [1.54, 1.807) is 31.2 Å². The quantitative estimate of drug-likeness (QED) is 0.515. The third-order valence-electron chi connectivity index (χ3n) is 5.18. The number of hydrogen-bond acceptors (Lipinski definition) is 7. The van der Waals surface area contributed by atoms with Crippen LogP contribution in [-0.4, -0.2) is 62.7 Å². The molecule has 7 heteroatoms. The fraction of sp³-hybridized carbons (Fsp3) is 0.381. The molecule has 1 saturated heterocycles. The van der Waals surface area contributed by atoms with E-state index in [0.29, 0.717) is 11.1 Å². The zero-order valence-electron chi connectivity index (χ0n) is 15.3. The van der Waals surface area contributed by atoms with E-state index in [1.807, 2.05) is 18.2 Å². The number of aryl methyl sites for hydroxylation is 1. The van der Waals surface area contributed by atoms with Crippen LogP contribution >= 0.6 is 0 Å². The molecule has 2 aromatic carbocycles. The largest absolute Gasteiger partial charge is 0.394 e. The van der Waals surface area contributed by atoms with Crippen molar-refractivity contribution < 1.29 is 30.3 Å². The topological polar surface area (TPSA) is 134 Å². The zero-order chi connectivity index (χ0) is 20.4. The fourth-order valence-corrected chi connectivity index (χ4v) is 3.49. The SMILES string of the molecule is Cc1cc(-c2ccc(C#N)cc2)ccc1[C@@H](O)[C@H]1OC(CO)[C@@H](O)[C@H](O)C1O. The van der Waals surface area contributed by atoms with Gasteiger partial charge in [-0.15, -0.1) is 0 Å². The number of aliphatic hydroxyl groups excluding tert-OH is 5. The maximum Gasteiger partial charge on any atom is 0.117 e. The van der Waals surface area contributed by atoms with Crippen molar-refractivity contribution in [2.75, 3.05) is 6.61 Å². The molecule has 0 radical (unpaired) electrons. The van der Waals surface area contributed by atoms with Gasteiger partial charge in [0.2, 0.25) is 0 Å². The molecule has 1 aliphatic heterocycles. The molecule has 0 saturated carbocycles. The predicted octanol–water partition coefficient (Wildman–Crippen LogP) is 0.409. The van der Waals surface area contributed by atoms with Crippen LogP contribution in [0.25, 0.3) is 11.1 Å². The van der Waals surface area contributed by atoms with Crippen molar-refractivity contribution in [1.82, 2.24) is 0 Å². The minimum Gasteiger partial charge on any atom is -0.394 e. The molecule has 3 rings (SSSR count). The molecule has 1 aliphatic rings. The summed E-state index contributed by atoms with van der Waals surface area (Å²) in [6.45, 7) is 1.25. The van der Waals surface area contributed by atoms with E-state index >= 15 is 0 Å². The Labute approximate surface area is 162 Å². The van der Waals surface area contributed by atoms with E-state index in [4.69, 9.17) is 10.00 Å². The van der Waals surface area contributed by atoms with E-state index < -0.39 is 43.2 Å². The van der Waals surface area contributed by atoms with Crippen molar-refractivity contribution in [3.8, 4) is 17.2 Å². The Hall–Kier alpha value is -2.31. The first-order valence-electron chi connectivity index (χ1n) is 8.97. The van der Waals surface area contributed by atoms with Crippen LogP contribution in [0.4, 0.5) is 0 Å². The van der Waals surface area contributed by atoms with Crippen molar-refractivity contribution in [1.29, 1.82) is 5.26 Å². The van der Waals surface area contributed by atoms with Gasteiger partial charge in [0.25, 0.3) is 0 Å². The van der Waals surface area contributed by atoms with Crippen LogP contribution in [0, 0.1) is 18.3 Å². The number of hydrogen-bond donors (Lipinski definition) is 5. The van der Waals surface area contributed by atoms with Crippen LogP contribution < -0.4 is 0 Å². The molecule has 2 aromatic rings. The molecule has 2 unspecified atom stereocenters. The van der Waals surface area contributed by atoms with Crippen LogP contribution in [0.3, 0.4) is 0 Å². The molecule has 0 amide bonds. The summed E-state index contributed by atoms with van der Waals surface area (Å²) in [5.74, 6) is 0. The number of benzene rings is 2. The van der Waals surface area contributed by atoms with Gasteiger partial charge in [-0.2, -0.15) is 5.26 Å². The van der Waals surface area contributed by atoms with Crippen molar-refractivity contribution in [2.45, 2.75) is 43.5 Å². The predicted molar refractivity (Wildman–Crippen MR) is 100 cm³/mol. The molecular weight excluding hydrogens is 362 g/mol. The van der Waals surface area contributed by atoms with Crippen LogP contribution in [0.15, 0.2) is 42.5 Å². The summed E-state index contributed by atoms with van der Waals surface area (Å²) in [4.78, 5) is 0. The second kappa shape index (κ2) is 8.37. The summed E-state index contributed by atoms with van der Waals surface area (Å²) in [5.41, 5.74) is 3.62. The summed E-state index contributed by atoms with van der Waals surface area (Å²) in [7, 11) is 0. The molecule has 0 spiro atoms. The summed E-state index contributed by atoms with van der Waals surface area (Å²) in [6.07, 6.45) is -8.05. The highest BCUT2D eigenvalue weighted by Gasteiger charge is 2.46. The first-order chi connectivity index (χ1) is 13.4. The summed E-state index contributed by atoms with van der Waals surface area (Å²) >= 11 is 0. The molecule has 1 fully saturated rings. The average Bonchev–Trinajstić information content (AvgIpc) is 2.72. The lowest BCUT2D eigenvalue weighted by Gasteiger charge is -2.42. The van der Waals surface area contributed by atoms with Gasteiger partial charge in [-0.25, -0.2) is 0 Å². The van der Waals surface area contributed by atoms with Gasteiger partial charge in [0, 0.05) is 0 Å². The third-order valence-corrected chi connectivity index (χ3v) is 5.18. The highest BCUT2D eigenvalue weighted by atomic mass is 16.6. The molecule has 1 heterocycles. The Kier molecular flexibility index (Phi) is 6.10. The monoisotopic (exact) mass is 385 g/mol. The second-order valence-electron chi connectivity index (χ2n) is 7.00. The smallest absolute Gasteiger partial charge is 0.117 e.